The molecule has 1 spiro atoms. The van der Waals surface area contributed by atoms with Crippen LogP contribution in [0.15, 0.2) is 42.5 Å². The van der Waals surface area contributed by atoms with Crippen LogP contribution in [0.4, 0.5) is 5.69 Å². The molecule has 2 N–H and O–H groups in total. The average Bonchev–Trinajstić information content (AvgIpc) is 3.06. The normalized spacial score (nSPS) is 18.2. The number of hydrogen-bond donors (Lipinski definition) is 2. The third-order valence-electron chi connectivity index (χ3n) is 5.21. The zero-order valence-corrected chi connectivity index (χ0v) is 17.5. The van der Waals surface area contributed by atoms with Crippen molar-refractivity contribution in [1.29, 1.82) is 0 Å². The Kier molecular flexibility index (Phi) is 6.04. The van der Waals surface area contributed by atoms with Crippen molar-refractivity contribution in [2.45, 2.75) is 31.7 Å². The Balaban J connectivity index is 1.26. The summed E-state index contributed by atoms with van der Waals surface area (Å²) in [5, 5.41) is 13.8. The van der Waals surface area contributed by atoms with E-state index in [-0.39, 0.29) is 12.5 Å². The number of aliphatic hydroxyl groups is 1. The molecule has 4 rings (SSSR count). The summed E-state index contributed by atoms with van der Waals surface area (Å²) in [4.78, 5) is 13.5. The summed E-state index contributed by atoms with van der Waals surface area (Å²) in [7, 11) is 0. The van der Waals surface area contributed by atoms with Crippen LogP contribution in [-0.2, 0) is 4.79 Å². The number of hydrogen-bond acceptors (Lipinski definition) is 6. The Morgan fingerprint density at radius 3 is 2.73 bits per heavy atom. The third-order valence-corrected chi connectivity index (χ3v) is 5.45. The minimum absolute atomic E-state index is 0.134. The Hall–Kier alpha value is -2.48. The van der Waals surface area contributed by atoms with Gasteiger partial charge in [-0.15, -0.1) is 0 Å². The van der Waals surface area contributed by atoms with Crippen molar-refractivity contribution in [2.75, 3.05) is 31.6 Å². The van der Waals surface area contributed by atoms with Gasteiger partial charge in [0, 0.05) is 50.5 Å². The van der Waals surface area contributed by atoms with Crippen LogP contribution >= 0.6 is 11.6 Å². The van der Waals surface area contributed by atoms with Crippen LogP contribution in [0.1, 0.15) is 19.8 Å². The minimum Gasteiger partial charge on any atom is -0.489 e. The Labute approximate surface area is 180 Å². The molecule has 1 amide bonds. The second kappa shape index (κ2) is 8.71. The topological polar surface area (TPSA) is 80.3 Å². The van der Waals surface area contributed by atoms with Crippen molar-refractivity contribution in [2.24, 2.45) is 0 Å². The Bertz CT molecular complexity index is 914. The van der Waals surface area contributed by atoms with Gasteiger partial charge in [-0.05, 0) is 24.3 Å². The maximum absolute atomic E-state index is 11.3. The molecule has 2 heterocycles. The number of β-amino-alcohol motifs (C(OH)–C–C–N with tert-alkyl or cyclic N) is 1. The third kappa shape index (κ3) is 4.80. The highest BCUT2D eigenvalue weighted by atomic mass is 35.5. The van der Waals surface area contributed by atoms with Gasteiger partial charge in [-0.3, -0.25) is 4.79 Å². The number of para-hydroxylation sites is 2. The van der Waals surface area contributed by atoms with Gasteiger partial charge in [0.2, 0.25) is 5.91 Å². The minimum atomic E-state index is -0.661. The number of piperidine rings is 1. The number of nitrogens with one attached hydrogen (secondary N) is 1. The molecule has 0 saturated carbocycles. The summed E-state index contributed by atoms with van der Waals surface area (Å²) < 4.78 is 17.9. The molecule has 2 aliphatic heterocycles. The molecule has 0 unspecified atom stereocenters. The number of carbonyl (C=O) groups excluding carboxylic acids is 1. The van der Waals surface area contributed by atoms with E-state index in [1.54, 1.807) is 24.3 Å². The molecular formula is C22H25ClN2O5. The fourth-order valence-electron chi connectivity index (χ4n) is 3.77. The highest BCUT2D eigenvalue weighted by Crippen LogP contribution is 2.44. The SMILES string of the molecule is CC(=O)Nc1ccccc1OC[C@H](O)CN1CCC2(CC1)Oc1ccc(Cl)cc1O2. The van der Waals surface area contributed by atoms with Gasteiger partial charge in [0.25, 0.3) is 5.79 Å². The average molecular weight is 433 g/mol. The molecule has 2 aromatic rings. The van der Waals surface area contributed by atoms with Crippen molar-refractivity contribution in [3.05, 3.63) is 47.5 Å². The smallest absolute Gasteiger partial charge is 0.254 e. The fourth-order valence-corrected chi connectivity index (χ4v) is 3.93. The van der Waals surface area contributed by atoms with Crippen LogP contribution in [0.5, 0.6) is 17.2 Å². The van der Waals surface area contributed by atoms with Crippen molar-refractivity contribution < 1.29 is 24.1 Å². The second-order valence-electron chi connectivity index (χ2n) is 7.65. The number of fused-ring (bicyclic) bond motifs is 1. The summed E-state index contributed by atoms with van der Waals surface area (Å²) in [6, 6.07) is 12.6. The first kappa shape index (κ1) is 20.8. The number of anilines is 1. The molecule has 1 saturated heterocycles. The first-order valence-corrected chi connectivity index (χ1v) is 10.4. The van der Waals surface area contributed by atoms with Gasteiger partial charge in [0.15, 0.2) is 11.5 Å². The van der Waals surface area contributed by atoms with Gasteiger partial charge >= 0.3 is 0 Å². The molecule has 160 valence electrons. The summed E-state index contributed by atoms with van der Waals surface area (Å²) in [5.41, 5.74) is 0.590. The molecule has 8 heteroatoms. The first-order valence-electron chi connectivity index (χ1n) is 10.00. The van der Waals surface area contributed by atoms with E-state index in [0.717, 1.165) is 18.8 Å². The van der Waals surface area contributed by atoms with E-state index < -0.39 is 11.9 Å². The van der Waals surface area contributed by atoms with E-state index in [1.807, 2.05) is 18.2 Å². The zero-order chi connectivity index (χ0) is 21.1. The van der Waals surface area contributed by atoms with Crippen molar-refractivity contribution in [3.63, 3.8) is 0 Å². The molecule has 1 fully saturated rings. The van der Waals surface area contributed by atoms with E-state index in [2.05, 4.69) is 10.2 Å². The number of amides is 1. The van der Waals surface area contributed by atoms with Gasteiger partial charge in [0.1, 0.15) is 18.5 Å². The molecule has 0 bridgehead atoms. The number of halogens is 1. The lowest BCUT2D eigenvalue weighted by Gasteiger charge is -2.38. The van der Waals surface area contributed by atoms with Crippen LogP contribution in [0.3, 0.4) is 0 Å². The van der Waals surface area contributed by atoms with Gasteiger partial charge in [0.05, 0.1) is 5.69 Å². The van der Waals surface area contributed by atoms with Gasteiger partial charge in [-0.1, -0.05) is 23.7 Å². The monoisotopic (exact) mass is 432 g/mol. The molecule has 2 aromatic carbocycles. The summed E-state index contributed by atoms with van der Waals surface area (Å²) >= 11 is 6.04. The number of ether oxygens (including phenoxy) is 3. The number of nitrogens with zero attached hydrogens (tertiary/aromatic N) is 1. The Morgan fingerprint density at radius 1 is 1.23 bits per heavy atom. The quantitative estimate of drug-likeness (QED) is 0.729. The van der Waals surface area contributed by atoms with Crippen molar-refractivity contribution in [1.82, 2.24) is 4.90 Å². The van der Waals surface area contributed by atoms with Crippen LogP contribution in [0.2, 0.25) is 5.02 Å². The molecule has 7 nitrogen and oxygen atoms in total. The molecule has 0 aromatic heterocycles. The van der Waals surface area contributed by atoms with E-state index in [1.165, 1.54) is 6.92 Å². The molecule has 30 heavy (non-hydrogen) atoms. The molecule has 1 atom stereocenters. The maximum atomic E-state index is 11.3. The van der Waals surface area contributed by atoms with Crippen LogP contribution in [-0.4, -0.2) is 54.0 Å². The lowest BCUT2D eigenvalue weighted by molar-refractivity contribution is -0.122. The molecular weight excluding hydrogens is 408 g/mol. The lowest BCUT2D eigenvalue weighted by atomic mass is 10.0. The van der Waals surface area contributed by atoms with E-state index in [0.29, 0.717) is 41.6 Å². The predicted molar refractivity (Wildman–Crippen MR) is 113 cm³/mol. The second-order valence-corrected chi connectivity index (χ2v) is 8.09. The van der Waals surface area contributed by atoms with Crippen LogP contribution < -0.4 is 19.5 Å². The summed E-state index contributed by atoms with van der Waals surface area (Å²) in [6.45, 7) is 3.54. The first-order chi connectivity index (χ1) is 14.4. The maximum Gasteiger partial charge on any atom is 0.254 e. The highest BCUT2D eigenvalue weighted by Gasteiger charge is 2.44. The highest BCUT2D eigenvalue weighted by molar-refractivity contribution is 6.30. The lowest BCUT2D eigenvalue weighted by Crippen LogP contribution is -2.51. The van der Waals surface area contributed by atoms with Crippen LogP contribution in [0, 0.1) is 0 Å². The van der Waals surface area contributed by atoms with Crippen LogP contribution in [0.25, 0.3) is 0 Å². The molecule has 2 aliphatic rings. The predicted octanol–water partition coefficient (Wildman–Crippen LogP) is 3.30. The molecule has 0 aliphatic carbocycles. The van der Waals surface area contributed by atoms with Gasteiger partial charge < -0.3 is 29.5 Å². The number of carbonyl (C=O) groups is 1. The number of rotatable bonds is 6. The molecule has 0 radical (unpaired) electrons. The summed E-state index contributed by atoms with van der Waals surface area (Å²) in [5.74, 6) is 1.12. The van der Waals surface area contributed by atoms with Crippen molar-refractivity contribution in [3.8, 4) is 17.2 Å². The largest absolute Gasteiger partial charge is 0.489 e. The van der Waals surface area contributed by atoms with Gasteiger partial charge in [-0.2, -0.15) is 0 Å². The van der Waals surface area contributed by atoms with Gasteiger partial charge in [-0.25, -0.2) is 0 Å². The Morgan fingerprint density at radius 2 is 1.97 bits per heavy atom. The fraction of sp³-hybridized carbons (Fsp3) is 0.409. The standard InChI is InChI=1S/C22H25ClN2O5/c1-15(26)24-18-4-2-3-5-19(18)28-14-17(27)13-25-10-8-22(9-11-25)29-20-7-6-16(23)12-21(20)30-22/h2-7,12,17,27H,8-11,13-14H2,1H3,(H,24,26)/t17-/m1/s1. The number of likely N-dealkylation sites (tertiary alicyclic amines) is 1. The van der Waals surface area contributed by atoms with Crippen molar-refractivity contribution >= 4 is 23.2 Å². The number of benzene rings is 2. The van der Waals surface area contributed by atoms with E-state index >= 15 is 0 Å². The van der Waals surface area contributed by atoms with E-state index in [4.69, 9.17) is 25.8 Å². The number of aliphatic hydroxyl groups excluding tert-OH is 1. The van der Waals surface area contributed by atoms with E-state index in [9.17, 15) is 9.90 Å². The zero-order valence-electron chi connectivity index (χ0n) is 16.8. The summed E-state index contributed by atoms with van der Waals surface area (Å²) in [6.07, 6.45) is 0.724.